The van der Waals surface area contributed by atoms with Crippen molar-refractivity contribution in [3.8, 4) is 0 Å². The van der Waals surface area contributed by atoms with Gasteiger partial charge in [-0.1, -0.05) is 31.6 Å². The Morgan fingerprint density at radius 2 is 2.28 bits per heavy atom. The molecule has 0 amide bonds. The number of fused-ring (bicyclic) bond motifs is 1. The smallest absolute Gasteiger partial charge is 0.0570 e. The van der Waals surface area contributed by atoms with E-state index in [0.717, 1.165) is 6.54 Å². The van der Waals surface area contributed by atoms with E-state index in [1.165, 1.54) is 30.5 Å². The second-order valence-electron chi connectivity index (χ2n) is 6.27. The fourth-order valence-corrected chi connectivity index (χ4v) is 4.19. The van der Waals surface area contributed by atoms with E-state index in [1.54, 1.807) is 11.1 Å². The maximum Gasteiger partial charge on any atom is 0.0570 e. The zero-order chi connectivity index (χ0) is 12.3. The molecule has 2 aliphatic heterocycles. The highest BCUT2D eigenvalue weighted by atomic mass is 15.0. The first-order valence-electron chi connectivity index (χ1n) is 7.10. The van der Waals surface area contributed by atoms with E-state index in [2.05, 4.69) is 42.5 Å². The Bertz CT molecular complexity index is 535. The molecule has 4 aliphatic rings. The minimum absolute atomic E-state index is 0.144. The molecule has 94 valence electrons. The molecule has 2 heterocycles. The van der Waals surface area contributed by atoms with Crippen LogP contribution in [0.1, 0.15) is 33.1 Å². The summed E-state index contributed by atoms with van der Waals surface area (Å²) in [5, 5.41) is 3.78. The van der Waals surface area contributed by atoms with Crippen molar-refractivity contribution in [2.45, 2.75) is 39.2 Å². The quantitative estimate of drug-likeness (QED) is 0.691. The van der Waals surface area contributed by atoms with Crippen LogP contribution in [0.15, 0.2) is 39.6 Å². The van der Waals surface area contributed by atoms with Gasteiger partial charge in [0.1, 0.15) is 0 Å². The SMILES string of the molecule is CC1C2CC3=C(CCC4=C3/C=C\C/N=C\C41C)N2. The molecule has 2 heteroatoms. The molecule has 3 unspecified atom stereocenters. The van der Waals surface area contributed by atoms with Crippen LogP contribution in [-0.2, 0) is 0 Å². The van der Waals surface area contributed by atoms with E-state index in [4.69, 9.17) is 0 Å². The van der Waals surface area contributed by atoms with E-state index in [9.17, 15) is 0 Å². The third-order valence-electron chi connectivity index (χ3n) is 5.48. The van der Waals surface area contributed by atoms with Gasteiger partial charge in [0.05, 0.1) is 6.54 Å². The number of nitrogens with zero attached hydrogens (tertiary/aromatic N) is 1. The summed E-state index contributed by atoms with van der Waals surface area (Å²) >= 11 is 0. The van der Waals surface area contributed by atoms with Crippen molar-refractivity contribution in [1.29, 1.82) is 0 Å². The van der Waals surface area contributed by atoms with Crippen molar-refractivity contribution >= 4 is 6.21 Å². The maximum absolute atomic E-state index is 4.62. The summed E-state index contributed by atoms with van der Waals surface area (Å²) in [5.74, 6) is 0.619. The van der Waals surface area contributed by atoms with E-state index in [-0.39, 0.29) is 5.41 Å². The monoisotopic (exact) mass is 240 g/mol. The van der Waals surface area contributed by atoms with Crippen molar-refractivity contribution in [3.63, 3.8) is 0 Å². The molecule has 0 radical (unpaired) electrons. The number of hydrogen-bond donors (Lipinski definition) is 1. The van der Waals surface area contributed by atoms with Crippen LogP contribution in [-0.4, -0.2) is 18.8 Å². The zero-order valence-corrected chi connectivity index (χ0v) is 11.2. The fourth-order valence-electron chi connectivity index (χ4n) is 4.19. The Morgan fingerprint density at radius 3 is 3.17 bits per heavy atom. The average Bonchev–Trinajstić information content (AvgIpc) is 2.75. The first-order chi connectivity index (χ1) is 8.70. The largest absolute Gasteiger partial charge is 0.385 e. The Balaban J connectivity index is 2.03. The van der Waals surface area contributed by atoms with Crippen LogP contribution in [0.2, 0.25) is 0 Å². The van der Waals surface area contributed by atoms with Gasteiger partial charge < -0.3 is 5.32 Å². The topological polar surface area (TPSA) is 24.4 Å². The molecular weight excluding hydrogens is 220 g/mol. The van der Waals surface area contributed by atoms with Crippen molar-refractivity contribution in [2.75, 3.05) is 6.54 Å². The van der Waals surface area contributed by atoms with Gasteiger partial charge in [-0.15, -0.1) is 0 Å². The molecule has 5 bridgehead atoms. The normalized spacial score (nSPS) is 44.3. The van der Waals surface area contributed by atoms with Crippen molar-refractivity contribution in [1.82, 2.24) is 5.32 Å². The minimum Gasteiger partial charge on any atom is -0.385 e. The van der Waals surface area contributed by atoms with Crippen LogP contribution in [0.3, 0.4) is 0 Å². The van der Waals surface area contributed by atoms with Crippen LogP contribution < -0.4 is 5.32 Å². The summed E-state index contributed by atoms with van der Waals surface area (Å²) in [5.41, 5.74) is 6.44. The molecule has 1 N–H and O–H groups in total. The fraction of sp³-hybridized carbons (Fsp3) is 0.562. The van der Waals surface area contributed by atoms with Crippen LogP contribution in [0, 0.1) is 11.3 Å². The van der Waals surface area contributed by atoms with E-state index >= 15 is 0 Å². The highest BCUT2D eigenvalue weighted by Crippen LogP contribution is 2.52. The Hall–Kier alpha value is -1.31. The molecule has 4 rings (SSSR count). The predicted molar refractivity (Wildman–Crippen MR) is 74.6 cm³/mol. The number of nitrogens with one attached hydrogen (secondary N) is 1. The number of rotatable bonds is 0. The van der Waals surface area contributed by atoms with Gasteiger partial charge in [0, 0.05) is 23.4 Å². The van der Waals surface area contributed by atoms with Crippen LogP contribution in [0.5, 0.6) is 0 Å². The first-order valence-corrected chi connectivity index (χ1v) is 7.10. The van der Waals surface area contributed by atoms with Gasteiger partial charge >= 0.3 is 0 Å². The highest BCUT2D eigenvalue weighted by molar-refractivity contribution is 5.75. The predicted octanol–water partition coefficient (Wildman–Crippen LogP) is 2.99. The van der Waals surface area contributed by atoms with Crippen LogP contribution >= 0.6 is 0 Å². The Morgan fingerprint density at radius 1 is 1.39 bits per heavy atom. The zero-order valence-electron chi connectivity index (χ0n) is 11.2. The molecule has 0 aromatic heterocycles. The van der Waals surface area contributed by atoms with Gasteiger partial charge in [0.15, 0.2) is 0 Å². The summed E-state index contributed by atoms with van der Waals surface area (Å²) in [6.07, 6.45) is 10.4. The first kappa shape index (κ1) is 10.6. The maximum atomic E-state index is 4.62. The highest BCUT2D eigenvalue weighted by Gasteiger charge is 2.47. The van der Waals surface area contributed by atoms with E-state index in [1.807, 2.05) is 0 Å². The Labute approximate surface area is 109 Å². The lowest BCUT2D eigenvalue weighted by molar-refractivity contribution is 0.277. The van der Waals surface area contributed by atoms with E-state index in [0.29, 0.717) is 12.0 Å². The molecule has 0 spiro atoms. The number of aliphatic imine (C=N–C) groups is 1. The third-order valence-corrected chi connectivity index (χ3v) is 5.48. The molecule has 2 aliphatic carbocycles. The molecule has 0 aromatic carbocycles. The third kappa shape index (κ3) is 1.16. The van der Waals surface area contributed by atoms with Gasteiger partial charge in [-0.2, -0.15) is 0 Å². The summed E-state index contributed by atoms with van der Waals surface area (Å²) in [4.78, 5) is 4.62. The molecule has 0 saturated heterocycles. The van der Waals surface area contributed by atoms with Gasteiger partial charge in [-0.05, 0) is 36.3 Å². The summed E-state index contributed by atoms with van der Waals surface area (Å²) in [6.45, 7) is 5.62. The van der Waals surface area contributed by atoms with Gasteiger partial charge in [-0.3, -0.25) is 4.99 Å². The van der Waals surface area contributed by atoms with Crippen molar-refractivity contribution in [3.05, 3.63) is 34.6 Å². The standard InChI is InChI=1S/C16H20N2/c1-10-15-8-12-11-4-3-7-17-9-16(10,2)13(11)5-6-14(12)18-15/h3-4,9-10,15,18H,5-8H2,1-2H3/b4-3-,17-9-. The molecule has 2 nitrogen and oxygen atoms in total. The van der Waals surface area contributed by atoms with E-state index < -0.39 is 0 Å². The number of allylic oxidation sites excluding steroid dienone is 4. The number of hydrogen-bond acceptors (Lipinski definition) is 2. The van der Waals surface area contributed by atoms with Gasteiger partial charge in [-0.25, -0.2) is 0 Å². The van der Waals surface area contributed by atoms with Crippen molar-refractivity contribution in [2.24, 2.45) is 16.3 Å². The molecule has 0 fully saturated rings. The minimum atomic E-state index is 0.144. The van der Waals surface area contributed by atoms with Crippen LogP contribution in [0.4, 0.5) is 0 Å². The molecular formula is C16H20N2. The summed E-state index contributed by atoms with van der Waals surface area (Å²) in [6, 6.07) is 0.603. The van der Waals surface area contributed by atoms with Crippen molar-refractivity contribution < 1.29 is 0 Å². The second kappa shape index (κ2) is 3.37. The molecule has 3 atom stereocenters. The Kier molecular flexibility index (Phi) is 1.98. The average molecular weight is 240 g/mol. The lowest BCUT2D eigenvalue weighted by Crippen LogP contribution is -2.43. The second-order valence-corrected chi connectivity index (χ2v) is 6.27. The molecule has 18 heavy (non-hydrogen) atoms. The summed E-state index contributed by atoms with van der Waals surface area (Å²) in [7, 11) is 0. The molecule has 0 aromatic rings. The lowest BCUT2D eigenvalue weighted by atomic mass is 9.67. The van der Waals surface area contributed by atoms with Crippen LogP contribution in [0.25, 0.3) is 0 Å². The van der Waals surface area contributed by atoms with Gasteiger partial charge in [0.25, 0.3) is 0 Å². The summed E-state index contributed by atoms with van der Waals surface area (Å²) < 4.78 is 0. The lowest BCUT2D eigenvalue weighted by Gasteiger charge is -2.41. The van der Waals surface area contributed by atoms with Gasteiger partial charge in [0.2, 0.25) is 0 Å². The molecule has 0 saturated carbocycles.